The molecule has 0 saturated carbocycles. The summed E-state index contributed by atoms with van der Waals surface area (Å²) >= 11 is 0. The van der Waals surface area contributed by atoms with Gasteiger partial charge in [-0.15, -0.1) is 12.4 Å². The summed E-state index contributed by atoms with van der Waals surface area (Å²) in [6.07, 6.45) is 3.59. The van der Waals surface area contributed by atoms with Gasteiger partial charge in [-0.3, -0.25) is 4.98 Å². The van der Waals surface area contributed by atoms with E-state index in [0.717, 1.165) is 11.1 Å². The van der Waals surface area contributed by atoms with E-state index in [4.69, 9.17) is 0 Å². The summed E-state index contributed by atoms with van der Waals surface area (Å²) in [6.45, 7) is 4.22. The molecule has 0 bridgehead atoms. The van der Waals surface area contributed by atoms with Crippen molar-refractivity contribution in [1.82, 2.24) is 4.98 Å². The van der Waals surface area contributed by atoms with Crippen molar-refractivity contribution in [2.24, 2.45) is 0 Å². The van der Waals surface area contributed by atoms with Gasteiger partial charge in [0, 0.05) is 12.4 Å². The summed E-state index contributed by atoms with van der Waals surface area (Å²) in [5, 5.41) is 2.48. The lowest BCUT2D eigenvalue weighted by molar-refractivity contribution is 1.32. The van der Waals surface area contributed by atoms with Crippen LogP contribution in [0.25, 0.3) is 16.3 Å². The van der Waals surface area contributed by atoms with E-state index in [0.29, 0.717) is 0 Å². The summed E-state index contributed by atoms with van der Waals surface area (Å²) in [6, 6.07) is 18.7. The number of pyridine rings is 1. The molecule has 0 fully saturated rings. The summed E-state index contributed by atoms with van der Waals surface area (Å²) in [5.41, 5.74) is 3.33. The van der Waals surface area contributed by atoms with Crippen LogP contribution in [0.3, 0.4) is 0 Å². The van der Waals surface area contributed by atoms with Gasteiger partial charge in [-0.05, 0) is 39.6 Å². The average molecular weight is 268 g/mol. The molecule has 0 atom stereocenters. The van der Waals surface area contributed by atoms with Crippen LogP contribution < -0.4 is 0 Å². The van der Waals surface area contributed by atoms with E-state index in [1.807, 2.05) is 12.1 Å². The van der Waals surface area contributed by atoms with E-state index < -0.39 is 0 Å². The molecule has 0 spiro atoms. The monoisotopic (exact) mass is 267 g/mol. The Labute approximate surface area is 119 Å². The van der Waals surface area contributed by atoms with Gasteiger partial charge in [0.25, 0.3) is 0 Å². The third-order valence-electron chi connectivity index (χ3n) is 3.14. The number of aromatic nitrogens is 1. The molecular weight excluding hydrogens is 254 g/mol. The van der Waals surface area contributed by atoms with Gasteiger partial charge in [-0.1, -0.05) is 49.0 Å². The molecule has 3 rings (SSSR count). The molecule has 2 heteroatoms. The molecule has 1 heterocycles. The minimum absolute atomic E-state index is 0. The number of rotatable bonds is 2. The summed E-state index contributed by atoms with van der Waals surface area (Å²) in [7, 11) is 0. The lowest BCUT2D eigenvalue weighted by Crippen LogP contribution is -1.88. The maximum absolute atomic E-state index is 4.22. The fourth-order valence-electron chi connectivity index (χ4n) is 2.20. The number of hydrogen-bond acceptors (Lipinski definition) is 1. The Morgan fingerprint density at radius 2 is 1.53 bits per heavy atom. The van der Waals surface area contributed by atoms with Crippen LogP contribution in [-0.4, -0.2) is 4.98 Å². The van der Waals surface area contributed by atoms with E-state index in [2.05, 4.69) is 54.0 Å². The average Bonchev–Trinajstić information content (AvgIpc) is 2.47. The van der Waals surface area contributed by atoms with Crippen molar-refractivity contribution in [3.63, 3.8) is 0 Å². The Balaban J connectivity index is 0.00000133. The molecular formula is C17H14ClN. The van der Waals surface area contributed by atoms with Crippen LogP contribution in [0.4, 0.5) is 0 Å². The number of halogens is 1. The van der Waals surface area contributed by atoms with E-state index in [-0.39, 0.29) is 12.4 Å². The minimum atomic E-state index is 0. The molecule has 3 aromatic rings. The Kier molecular flexibility index (Phi) is 3.98. The van der Waals surface area contributed by atoms with Gasteiger partial charge < -0.3 is 0 Å². The van der Waals surface area contributed by atoms with Gasteiger partial charge in [-0.25, -0.2) is 0 Å². The van der Waals surface area contributed by atoms with Crippen molar-refractivity contribution in [3.05, 3.63) is 84.7 Å². The highest BCUT2D eigenvalue weighted by Gasteiger charge is 2.05. The van der Waals surface area contributed by atoms with Crippen molar-refractivity contribution in [2.45, 2.75) is 0 Å². The standard InChI is InChI=1S/C17H13N.ClH/c1-13(14-9-11-18-12-10-14)16-8-4-6-15-5-2-3-7-17(15)16;/h2-12H,1H2;1H. The molecule has 1 nitrogen and oxygen atoms in total. The summed E-state index contributed by atoms with van der Waals surface area (Å²) in [5.74, 6) is 0. The quantitative estimate of drug-likeness (QED) is 0.655. The van der Waals surface area contributed by atoms with E-state index in [1.165, 1.54) is 16.3 Å². The predicted octanol–water partition coefficient (Wildman–Crippen LogP) is 4.72. The van der Waals surface area contributed by atoms with Crippen LogP contribution in [-0.2, 0) is 0 Å². The zero-order valence-electron chi connectivity index (χ0n) is 10.4. The number of nitrogens with zero attached hydrogens (tertiary/aromatic N) is 1. The summed E-state index contributed by atoms with van der Waals surface area (Å²) < 4.78 is 0. The first-order valence-corrected chi connectivity index (χ1v) is 5.94. The number of fused-ring (bicyclic) bond motifs is 1. The zero-order chi connectivity index (χ0) is 12.4. The number of hydrogen-bond donors (Lipinski definition) is 0. The molecule has 19 heavy (non-hydrogen) atoms. The second-order valence-corrected chi connectivity index (χ2v) is 4.24. The molecule has 0 aliphatic rings. The minimum Gasteiger partial charge on any atom is -0.265 e. The van der Waals surface area contributed by atoms with Crippen molar-refractivity contribution in [3.8, 4) is 0 Å². The van der Waals surface area contributed by atoms with E-state index >= 15 is 0 Å². The second kappa shape index (κ2) is 5.68. The highest BCUT2D eigenvalue weighted by molar-refractivity contribution is 5.97. The van der Waals surface area contributed by atoms with Gasteiger partial charge in [-0.2, -0.15) is 0 Å². The van der Waals surface area contributed by atoms with Gasteiger partial charge in [0.15, 0.2) is 0 Å². The lowest BCUT2D eigenvalue weighted by atomic mass is 9.95. The number of benzene rings is 2. The molecule has 1 aromatic heterocycles. The van der Waals surface area contributed by atoms with Crippen molar-refractivity contribution < 1.29 is 0 Å². The van der Waals surface area contributed by atoms with Crippen molar-refractivity contribution in [1.29, 1.82) is 0 Å². The van der Waals surface area contributed by atoms with Crippen LogP contribution in [0.2, 0.25) is 0 Å². The van der Waals surface area contributed by atoms with E-state index in [1.54, 1.807) is 12.4 Å². The van der Waals surface area contributed by atoms with Crippen LogP contribution in [0.15, 0.2) is 73.6 Å². The van der Waals surface area contributed by atoms with Crippen LogP contribution in [0.5, 0.6) is 0 Å². The van der Waals surface area contributed by atoms with Gasteiger partial charge in [0.1, 0.15) is 0 Å². The Morgan fingerprint density at radius 1 is 0.842 bits per heavy atom. The Bertz CT molecular complexity index is 699. The smallest absolute Gasteiger partial charge is 0.0273 e. The first-order chi connectivity index (χ1) is 8.86. The zero-order valence-corrected chi connectivity index (χ0v) is 11.2. The predicted molar refractivity (Wildman–Crippen MR) is 83.6 cm³/mol. The SMILES string of the molecule is C=C(c1ccncc1)c1cccc2ccccc12.Cl. The first-order valence-electron chi connectivity index (χ1n) is 5.94. The maximum Gasteiger partial charge on any atom is 0.0273 e. The molecule has 0 N–H and O–H groups in total. The van der Waals surface area contributed by atoms with Crippen molar-refractivity contribution in [2.75, 3.05) is 0 Å². The topological polar surface area (TPSA) is 12.9 Å². The maximum atomic E-state index is 4.22. The highest BCUT2D eigenvalue weighted by Crippen LogP contribution is 2.28. The molecule has 0 aliphatic carbocycles. The summed E-state index contributed by atoms with van der Waals surface area (Å²) in [4.78, 5) is 4.04. The van der Waals surface area contributed by atoms with Crippen LogP contribution in [0, 0.1) is 0 Å². The first kappa shape index (κ1) is 13.3. The largest absolute Gasteiger partial charge is 0.265 e. The molecule has 94 valence electrons. The van der Waals surface area contributed by atoms with Gasteiger partial charge >= 0.3 is 0 Å². The molecule has 2 aromatic carbocycles. The van der Waals surface area contributed by atoms with Crippen LogP contribution in [0.1, 0.15) is 11.1 Å². The Morgan fingerprint density at radius 3 is 2.32 bits per heavy atom. The van der Waals surface area contributed by atoms with Gasteiger partial charge in [0.2, 0.25) is 0 Å². The third kappa shape index (κ3) is 2.51. The molecule has 0 unspecified atom stereocenters. The van der Waals surface area contributed by atoms with E-state index in [9.17, 15) is 0 Å². The molecule has 0 saturated heterocycles. The highest BCUT2D eigenvalue weighted by atomic mass is 35.5. The lowest BCUT2D eigenvalue weighted by Gasteiger charge is -2.09. The fraction of sp³-hybridized carbons (Fsp3) is 0. The Hall–Kier alpha value is -2.12. The molecule has 0 amide bonds. The molecule has 0 radical (unpaired) electrons. The normalized spacial score (nSPS) is 9.89. The second-order valence-electron chi connectivity index (χ2n) is 4.24. The van der Waals surface area contributed by atoms with Crippen molar-refractivity contribution >= 4 is 28.8 Å². The third-order valence-corrected chi connectivity index (χ3v) is 3.14. The fourth-order valence-corrected chi connectivity index (χ4v) is 2.20. The molecule has 0 aliphatic heterocycles. The van der Waals surface area contributed by atoms with Crippen LogP contribution >= 0.6 is 12.4 Å². The van der Waals surface area contributed by atoms with Gasteiger partial charge in [0.05, 0.1) is 0 Å².